The van der Waals surface area contributed by atoms with Crippen LogP contribution < -0.4 is 10.1 Å². The van der Waals surface area contributed by atoms with Crippen molar-refractivity contribution in [1.29, 1.82) is 0 Å². The van der Waals surface area contributed by atoms with Gasteiger partial charge < -0.3 is 10.1 Å². The van der Waals surface area contributed by atoms with Gasteiger partial charge in [-0.1, -0.05) is 32.4 Å². The van der Waals surface area contributed by atoms with E-state index in [1.165, 1.54) is 0 Å². The SMILES string of the molecule is CCCC(CNCC)Oc1cccc(C)c1F. The Balaban J connectivity index is 2.67. The Kier molecular flexibility index (Phi) is 5.98. The van der Waals surface area contributed by atoms with Crippen molar-refractivity contribution >= 4 is 0 Å². The van der Waals surface area contributed by atoms with Crippen LogP contribution in [0.25, 0.3) is 0 Å². The van der Waals surface area contributed by atoms with Crippen LogP contribution in [0, 0.1) is 12.7 Å². The van der Waals surface area contributed by atoms with E-state index >= 15 is 0 Å². The van der Waals surface area contributed by atoms with E-state index in [1.54, 1.807) is 19.1 Å². The molecule has 0 aliphatic heterocycles. The third-order valence-corrected chi connectivity index (χ3v) is 2.68. The minimum absolute atomic E-state index is 0.0382. The van der Waals surface area contributed by atoms with Gasteiger partial charge in [0.05, 0.1) is 0 Å². The van der Waals surface area contributed by atoms with Crippen molar-refractivity contribution in [3.8, 4) is 5.75 Å². The van der Waals surface area contributed by atoms with Crippen molar-refractivity contribution in [2.24, 2.45) is 0 Å². The summed E-state index contributed by atoms with van der Waals surface area (Å²) in [6.45, 7) is 7.57. The van der Waals surface area contributed by atoms with E-state index in [0.717, 1.165) is 25.9 Å². The lowest BCUT2D eigenvalue weighted by Crippen LogP contribution is -2.31. The Bertz CT molecular complexity index is 341. The van der Waals surface area contributed by atoms with Gasteiger partial charge in [-0.2, -0.15) is 0 Å². The quantitative estimate of drug-likeness (QED) is 0.788. The summed E-state index contributed by atoms with van der Waals surface area (Å²) in [6, 6.07) is 5.27. The minimum Gasteiger partial charge on any atom is -0.486 e. The number of nitrogens with one attached hydrogen (secondary N) is 1. The van der Waals surface area contributed by atoms with Gasteiger partial charge in [-0.25, -0.2) is 4.39 Å². The number of halogens is 1. The van der Waals surface area contributed by atoms with Gasteiger partial charge in [-0.15, -0.1) is 0 Å². The minimum atomic E-state index is -0.245. The summed E-state index contributed by atoms with van der Waals surface area (Å²) in [5, 5.41) is 3.24. The van der Waals surface area contributed by atoms with E-state index in [1.807, 2.05) is 6.07 Å². The maximum Gasteiger partial charge on any atom is 0.167 e. The molecule has 0 saturated heterocycles. The van der Waals surface area contributed by atoms with Crippen LogP contribution >= 0.6 is 0 Å². The van der Waals surface area contributed by atoms with Crippen molar-refractivity contribution in [1.82, 2.24) is 5.32 Å². The highest BCUT2D eigenvalue weighted by Gasteiger charge is 2.12. The normalized spacial score (nSPS) is 12.5. The smallest absolute Gasteiger partial charge is 0.167 e. The molecule has 2 nitrogen and oxygen atoms in total. The van der Waals surface area contributed by atoms with E-state index in [-0.39, 0.29) is 11.9 Å². The largest absolute Gasteiger partial charge is 0.486 e. The van der Waals surface area contributed by atoms with Crippen molar-refractivity contribution in [2.45, 2.75) is 39.7 Å². The second-order valence-corrected chi connectivity index (χ2v) is 4.22. The Morgan fingerprint density at radius 2 is 2.12 bits per heavy atom. The molecule has 0 heterocycles. The molecule has 1 rings (SSSR count). The Morgan fingerprint density at radius 3 is 2.76 bits per heavy atom. The molecule has 3 heteroatoms. The fourth-order valence-electron chi connectivity index (χ4n) is 1.72. The molecule has 17 heavy (non-hydrogen) atoms. The molecule has 0 aliphatic carbocycles. The number of benzene rings is 1. The molecule has 1 aromatic rings. The lowest BCUT2D eigenvalue weighted by atomic mass is 10.2. The van der Waals surface area contributed by atoms with Gasteiger partial charge in [-0.05, 0) is 31.5 Å². The predicted molar refractivity (Wildman–Crippen MR) is 69.0 cm³/mol. The first-order chi connectivity index (χ1) is 8.19. The molecule has 0 spiro atoms. The van der Waals surface area contributed by atoms with E-state index < -0.39 is 0 Å². The summed E-state index contributed by atoms with van der Waals surface area (Å²) in [7, 11) is 0. The number of likely N-dealkylation sites (N-methyl/N-ethyl adjacent to an activating group) is 1. The van der Waals surface area contributed by atoms with Crippen molar-refractivity contribution in [3.05, 3.63) is 29.6 Å². The van der Waals surface area contributed by atoms with Crippen molar-refractivity contribution in [3.63, 3.8) is 0 Å². The maximum atomic E-state index is 13.8. The first-order valence-electron chi connectivity index (χ1n) is 6.31. The van der Waals surface area contributed by atoms with Gasteiger partial charge in [0.15, 0.2) is 11.6 Å². The van der Waals surface area contributed by atoms with Gasteiger partial charge in [0.1, 0.15) is 6.10 Å². The van der Waals surface area contributed by atoms with Gasteiger partial charge in [0.2, 0.25) is 0 Å². The summed E-state index contributed by atoms with van der Waals surface area (Å²) < 4.78 is 19.5. The van der Waals surface area contributed by atoms with Crippen LogP contribution in [-0.4, -0.2) is 19.2 Å². The fraction of sp³-hybridized carbons (Fsp3) is 0.571. The van der Waals surface area contributed by atoms with Gasteiger partial charge >= 0.3 is 0 Å². The molecule has 1 aromatic carbocycles. The van der Waals surface area contributed by atoms with Crippen LogP contribution in [0.3, 0.4) is 0 Å². The Hall–Kier alpha value is -1.09. The second kappa shape index (κ2) is 7.28. The van der Waals surface area contributed by atoms with E-state index in [9.17, 15) is 4.39 Å². The van der Waals surface area contributed by atoms with Gasteiger partial charge in [-0.3, -0.25) is 0 Å². The third kappa shape index (κ3) is 4.35. The number of ether oxygens (including phenoxy) is 1. The van der Waals surface area contributed by atoms with E-state index in [4.69, 9.17) is 4.74 Å². The average molecular weight is 239 g/mol. The molecule has 0 saturated carbocycles. The molecule has 1 N–H and O–H groups in total. The first kappa shape index (κ1) is 14.0. The average Bonchev–Trinajstić information content (AvgIpc) is 2.32. The maximum absolute atomic E-state index is 13.8. The molecule has 0 aromatic heterocycles. The molecule has 96 valence electrons. The van der Waals surface area contributed by atoms with Crippen LogP contribution in [0.1, 0.15) is 32.3 Å². The summed E-state index contributed by atoms with van der Waals surface area (Å²) in [4.78, 5) is 0. The topological polar surface area (TPSA) is 21.3 Å². The number of hydrogen-bond donors (Lipinski definition) is 1. The second-order valence-electron chi connectivity index (χ2n) is 4.22. The monoisotopic (exact) mass is 239 g/mol. The zero-order valence-corrected chi connectivity index (χ0v) is 10.9. The Morgan fingerprint density at radius 1 is 1.35 bits per heavy atom. The van der Waals surface area contributed by atoms with Crippen LogP contribution in [0.4, 0.5) is 4.39 Å². The molecule has 0 bridgehead atoms. The summed E-state index contributed by atoms with van der Waals surface area (Å²) in [5.41, 5.74) is 0.626. The van der Waals surface area contributed by atoms with Crippen LogP contribution in [0.5, 0.6) is 5.75 Å². The number of rotatable bonds is 7. The van der Waals surface area contributed by atoms with Crippen molar-refractivity contribution < 1.29 is 9.13 Å². The zero-order valence-electron chi connectivity index (χ0n) is 10.9. The fourth-order valence-corrected chi connectivity index (χ4v) is 1.72. The number of aryl methyl sites for hydroxylation is 1. The van der Waals surface area contributed by atoms with Crippen LogP contribution in [-0.2, 0) is 0 Å². The van der Waals surface area contributed by atoms with Gasteiger partial charge in [0.25, 0.3) is 0 Å². The molecular formula is C14H22FNO. The highest BCUT2D eigenvalue weighted by molar-refractivity contribution is 5.30. The molecule has 0 amide bonds. The molecule has 1 atom stereocenters. The molecule has 0 fully saturated rings. The van der Waals surface area contributed by atoms with Crippen molar-refractivity contribution in [2.75, 3.05) is 13.1 Å². The summed E-state index contributed by atoms with van der Waals surface area (Å²) in [6.07, 6.45) is 2.00. The summed E-state index contributed by atoms with van der Waals surface area (Å²) >= 11 is 0. The molecular weight excluding hydrogens is 217 g/mol. The van der Waals surface area contributed by atoms with E-state index in [0.29, 0.717) is 11.3 Å². The first-order valence-corrected chi connectivity index (χ1v) is 6.31. The highest BCUT2D eigenvalue weighted by Crippen LogP contribution is 2.21. The van der Waals surface area contributed by atoms with Gasteiger partial charge in [0, 0.05) is 6.54 Å². The molecule has 1 unspecified atom stereocenters. The van der Waals surface area contributed by atoms with Crippen LogP contribution in [0.15, 0.2) is 18.2 Å². The lowest BCUT2D eigenvalue weighted by molar-refractivity contribution is 0.179. The summed E-state index contributed by atoms with van der Waals surface area (Å²) in [5.74, 6) is 0.117. The lowest BCUT2D eigenvalue weighted by Gasteiger charge is -2.19. The Labute approximate surface area is 103 Å². The molecule has 0 radical (unpaired) electrons. The standard InChI is InChI=1S/C14H22FNO/c1-4-7-12(10-16-5-2)17-13-9-6-8-11(3)14(13)15/h6,8-9,12,16H,4-5,7,10H2,1-3H3. The van der Waals surface area contributed by atoms with E-state index in [2.05, 4.69) is 19.2 Å². The highest BCUT2D eigenvalue weighted by atomic mass is 19.1. The third-order valence-electron chi connectivity index (χ3n) is 2.68. The zero-order chi connectivity index (χ0) is 12.7. The molecule has 0 aliphatic rings. The van der Waals surface area contributed by atoms with Crippen LogP contribution in [0.2, 0.25) is 0 Å². The predicted octanol–water partition coefficient (Wildman–Crippen LogP) is 3.29. The number of hydrogen-bond acceptors (Lipinski definition) is 2.